The maximum atomic E-state index is 13.5. The van der Waals surface area contributed by atoms with Gasteiger partial charge in [0.1, 0.15) is 0 Å². The molecular weight excluding hydrogens is 399 g/mol. The van der Waals surface area contributed by atoms with E-state index in [0.29, 0.717) is 5.92 Å². The van der Waals surface area contributed by atoms with Crippen molar-refractivity contribution in [1.29, 1.82) is 0 Å². The second kappa shape index (κ2) is 5.60. The molecule has 3 nitrogen and oxygen atoms in total. The van der Waals surface area contributed by atoms with Gasteiger partial charge in [-0.1, -0.05) is 0 Å². The van der Waals surface area contributed by atoms with Gasteiger partial charge in [0.15, 0.2) is 0 Å². The number of anilines is 3. The van der Waals surface area contributed by atoms with Crippen LogP contribution in [0.25, 0.3) is 0 Å². The molecule has 1 atom stereocenters. The van der Waals surface area contributed by atoms with E-state index in [1.54, 1.807) is 0 Å². The van der Waals surface area contributed by atoms with Crippen molar-refractivity contribution >= 4 is 39.9 Å². The number of rotatable bonds is 1. The van der Waals surface area contributed by atoms with Gasteiger partial charge in [0, 0.05) is 0 Å². The summed E-state index contributed by atoms with van der Waals surface area (Å²) in [5, 5.41) is 0. The molecule has 3 aromatic rings. The third kappa shape index (κ3) is 2.17. The summed E-state index contributed by atoms with van der Waals surface area (Å²) in [7, 11) is 0. The number of para-hydroxylation sites is 1. The van der Waals surface area contributed by atoms with Gasteiger partial charge in [0.25, 0.3) is 0 Å². The van der Waals surface area contributed by atoms with Crippen molar-refractivity contribution < 1.29 is 3.83 Å². The zero-order valence-corrected chi connectivity index (χ0v) is 17.7. The van der Waals surface area contributed by atoms with Crippen LogP contribution in [-0.4, -0.2) is 18.8 Å². The molecule has 0 aliphatic carbocycles. The Morgan fingerprint density at radius 1 is 1.00 bits per heavy atom. The van der Waals surface area contributed by atoms with Gasteiger partial charge in [0.05, 0.1) is 0 Å². The average Bonchev–Trinajstić information content (AvgIpc) is 2.67. The second-order valence-corrected chi connectivity index (χ2v) is 11.1. The Bertz CT molecular complexity index is 1120. The predicted molar refractivity (Wildman–Crippen MR) is 111 cm³/mol. The predicted octanol–water partition coefficient (Wildman–Crippen LogP) is 4.16. The zero-order chi connectivity index (χ0) is 18.9. The van der Waals surface area contributed by atoms with Crippen LogP contribution >= 0.6 is 0 Å². The molecule has 0 radical (unpaired) electrons. The molecule has 1 unspecified atom stereocenters. The Morgan fingerprint density at radius 3 is 2.56 bits per heavy atom. The molecule has 0 saturated carbocycles. The molecule has 2 aromatic carbocycles. The molecule has 4 heteroatoms. The van der Waals surface area contributed by atoms with Gasteiger partial charge in [-0.25, -0.2) is 0 Å². The van der Waals surface area contributed by atoms with Crippen LogP contribution in [-0.2, 0) is 9.25 Å². The van der Waals surface area contributed by atoms with Gasteiger partial charge in [-0.2, -0.15) is 0 Å². The Balaban J connectivity index is 1.91. The van der Waals surface area contributed by atoms with Crippen LogP contribution in [0.5, 0.6) is 0 Å². The number of aromatic nitrogens is 1. The van der Waals surface area contributed by atoms with Crippen LogP contribution in [0.1, 0.15) is 50.3 Å². The SMILES string of the molecule is CC(C)c1ccc2c(c1)N1c3ncccc3C(C)(C)c3cccc(c31)[Se]2=O. The van der Waals surface area contributed by atoms with Crippen LogP contribution in [0.2, 0.25) is 0 Å². The first-order chi connectivity index (χ1) is 12.9. The molecular formula is C23H22N2OSe. The van der Waals surface area contributed by atoms with Crippen molar-refractivity contribution in [3.63, 3.8) is 0 Å². The van der Waals surface area contributed by atoms with E-state index in [1.807, 2.05) is 18.3 Å². The summed E-state index contributed by atoms with van der Waals surface area (Å²) in [6.07, 6.45) is 1.86. The van der Waals surface area contributed by atoms with Crippen LogP contribution in [0.15, 0.2) is 54.7 Å². The second-order valence-electron chi connectivity index (χ2n) is 8.14. The Morgan fingerprint density at radius 2 is 1.78 bits per heavy atom. The summed E-state index contributed by atoms with van der Waals surface area (Å²) in [6.45, 7) is 8.86. The van der Waals surface area contributed by atoms with Gasteiger partial charge in [-0.3, -0.25) is 0 Å². The van der Waals surface area contributed by atoms with Gasteiger partial charge < -0.3 is 0 Å². The summed E-state index contributed by atoms with van der Waals surface area (Å²) in [5.74, 6) is 1.38. The van der Waals surface area contributed by atoms with E-state index in [-0.39, 0.29) is 5.41 Å². The third-order valence-electron chi connectivity index (χ3n) is 5.86. The Hall–Kier alpha value is -2.29. The third-order valence-corrected chi connectivity index (χ3v) is 8.95. The van der Waals surface area contributed by atoms with Gasteiger partial charge in [0.2, 0.25) is 0 Å². The summed E-state index contributed by atoms with van der Waals surface area (Å²) in [6, 6.07) is 16.9. The molecule has 3 heterocycles. The molecule has 0 fully saturated rings. The first-order valence-electron chi connectivity index (χ1n) is 9.36. The maximum absolute atomic E-state index is 13.5. The molecule has 0 N–H and O–H groups in total. The van der Waals surface area contributed by atoms with E-state index in [0.717, 1.165) is 26.1 Å². The van der Waals surface area contributed by atoms with Gasteiger partial charge in [-0.15, -0.1) is 0 Å². The van der Waals surface area contributed by atoms with Gasteiger partial charge >= 0.3 is 164 Å². The minimum absolute atomic E-state index is 0.176. The van der Waals surface area contributed by atoms with Crippen molar-refractivity contribution in [2.24, 2.45) is 0 Å². The molecule has 136 valence electrons. The van der Waals surface area contributed by atoms with Crippen molar-refractivity contribution in [2.45, 2.75) is 39.0 Å². The topological polar surface area (TPSA) is 33.2 Å². The van der Waals surface area contributed by atoms with Crippen LogP contribution in [0.4, 0.5) is 17.2 Å². The first kappa shape index (κ1) is 16.9. The number of nitrogens with zero attached hydrogens (tertiary/aromatic N) is 2. The zero-order valence-electron chi connectivity index (χ0n) is 16.0. The monoisotopic (exact) mass is 422 g/mol. The van der Waals surface area contributed by atoms with Crippen LogP contribution < -0.4 is 13.8 Å². The summed E-state index contributed by atoms with van der Waals surface area (Å²) >= 11 is -2.32. The van der Waals surface area contributed by atoms with E-state index < -0.39 is 13.8 Å². The van der Waals surface area contributed by atoms with Crippen LogP contribution in [0.3, 0.4) is 0 Å². The van der Waals surface area contributed by atoms with Crippen LogP contribution in [0, 0.1) is 0 Å². The average molecular weight is 421 g/mol. The molecule has 0 amide bonds. The van der Waals surface area contributed by atoms with E-state index in [4.69, 9.17) is 4.98 Å². The Labute approximate surface area is 164 Å². The fourth-order valence-corrected chi connectivity index (χ4v) is 7.13. The number of pyridine rings is 1. The van der Waals surface area contributed by atoms with E-state index in [1.165, 1.54) is 16.7 Å². The van der Waals surface area contributed by atoms with Crippen molar-refractivity contribution in [3.8, 4) is 0 Å². The molecule has 1 aromatic heterocycles. The van der Waals surface area contributed by atoms with E-state index in [2.05, 4.69) is 69.0 Å². The molecule has 27 heavy (non-hydrogen) atoms. The molecule has 0 bridgehead atoms. The van der Waals surface area contributed by atoms with E-state index >= 15 is 0 Å². The molecule has 2 aliphatic rings. The first-order valence-corrected chi connectivity index (χ1v) is 11.8. The fraction of sp³-hybridized carbons (Fsp3) is 0.261. The number of hydrogen-bond donors (Lipinski definition) is 0. The van der Waals surface area contributed by atoms with Gasteiger partial charge in [-0.05, 0) is 0 Å². The number of hydrogen-bond acceptors (Lipinski definition) is 3. The minimum atomic E-state index is -2.32. The fourth-order valence-electron chi connectivity index (χ4n) is 4.30. The normalized spacial score (nSPS) is 18.7. The summed E-state index contributed by atoms with van der Waals surface area (Å²) in [4.78, 5) is 7.03. The quantitative estimate of drug-likeness (QED) is 0.433. The Kier molecular flexibility index (Phi) is 3.50. The molecule has 0 spiro atoms. The van der Waals surface area contributed by atoms with Crippen molar-refractivity contribution in [1.82, 2.24) is 4.98 Å². The number of fused-ring (bicyclic) bond motifs is 4. The molecule has 2 aliphatic heterocycles. The summed E-state index contributed by atoms with van der Waals surface area (Å²) in [5.41, 5.74) is 5.64. The molecule has 0 saturated heterocycles. The standard InChI is InChI=1S/C23H22N2OSe/c1-14(2)15-10-11-19-18(13-15)25-21-16(7-5-9-20(21)27(19)26)23(3,4)17-8-6-12-24-22(17)25/h5-14H,1-4H3. The summed E-state index contributed by atoms with van der Waals surface area (Å²) < 4.78 is 15.4. The van der Waals surface area contributed by atoms with Crippen molar-refractivity contribution in [2.75, 3.05) is 4.90 Å². The number of benzene rings is 2. The molecule has 5 rings (SSSR count). The van der Waals surface area contributed by atoms with E-state index in [9.17, 15) is 3.83 Å². The van der Waals surface area contributed by atoms with Crippen molar-refractivity contribution in [3.05, 3.63) is 71.4 Å².